The highest BCUT2D eigenvalue weighted by Crippen LogP contribution is 2.46. The molecule has 0 radical (unpaired) electrons. The number of aryl methyl sites for hydroxylation is 1. The summed E-state index contributed by atoms with van der Waals surface area (Å²) in [6.07, 6.45) is 1.62. The number of nitriles is 1. The van der Waals surface area contributed by atoms with Gasteiger partial charge in [-0.25, -0.2) is 4.39 Å². The zero-order chi connectivity index (χ0) is 16.7. The number of hydrogen-bond acceptors (Lipinski definition) is 3. The fourth-order valence-corrected chi connectivity index (χ4v) is 3.57. The Morgan fingerprint density at radius 2 is 1.96 bits per heavy atom. The van der Waals surface area contributed by atoms with E-state index in [2.05, 4.69) is 12.1 Å². The first-order valence-electron chi connectivity index (χ1n) is 7.83. The smallest absolute Gasteiger partial charge is 0.205 e. The van der Waals surface area contributed by atoms with Gasteiger partial charge in [-0.05, 0) is 41.7 Å². The summed E-state index contributed by atoms with van der Waals surface area (Å²) < 4.78 is 19.6. The van der Waals surface area contributed by atoms with Gasteiger partial charge in [-0.2, -0.15) is 5.26 Å². The van der Waals surface area contributed by atoms with Crippen LogP contribution in [0.1, 0.15) is 29.0 Å². The third-order valence-electron chi connectivity index (χ3n) is 4.63. The number of hydrogen-bond donors (Lipinski definition) is 1. The van der Waals surface area contributed by atoms with E-state index >= 15 is 0 Å². The highest BCUT2D eigenvalue weighted by atomic mass is 19.1. The molecule has 0 saturated carbocycles. The number of rotatable bonds is 1. The third kappa shape index (κ3) is 2.17. The molecule has 0 saturated heterocycles. The molecule has 3 nitrogen and oxygen atoms in total. The quantitative estimate of drug-likeness (QED) is 0.865. The van der Waals surface area contributed by atoms with Crippen molar-refractivity contribution in [2.75, 3.05) is 0 Å². The average Bonchev–Trinajstić information content (AvgIpc) is 2.60. The van der Waals surface area contributed by atoms with Gasteiger partial charge in [0.25, 0.3) is 0 Å². The Morgan fingerprint density at radius 1 is 1.12 bits per heavy atom. The minimum atomic E-state index is -0.359. The van der Waals surface area contributed by atoms with Crippen molar-refractivity contribution in [1.29, 1.82) is 5.26 Å². The molecule has 2 aromatic rings. The second-order valence-corrected chi connectivity index (χ2v) is 5.99. The minimum absolute atomic E-state index is 0.0993. The van der Waals surface area contributed by atoms with Crippen LogP contribution in [-0.2, 0) is 11.2 Å². The number of halogens is 1. The van der Waals surface area contributed by atoms with Crippen molar-refractivity contribution >= 4 is 5.76 Å². The second-order valence-electron chi connectivity index (χ2n) is 5.99. The molecule has 4 rings (SSSR count). The van der Waals surface area contributed by atoms with Crippen LogP contribution in [0.3, 0.4) is 0 Å². The molecule has 0 amide bonds. The molecule has 1 aliphatic heterocycles. The van der Waals surface area contributed by atoms with Crippen LogP contribution in [0, 0.1) is 17.1 Å². The Morgan fingerprint density at radius 3 is 2.75 bits per heavy atom. The van der Waals surface area contributed by atoms with Crippen molar-refractivity contribution in [2.45, 2.75) is 18.8 Å². The summed E-state index contributed by atoms with van der Waals surface area (Å²) in [6, 6.07) is 16.5. The van der Waals surface area contributed by atoms with Gasteiger partial charge in [-0.15, -0.1) is 0 Å². The van der Waals surface area contributed by atoms with Gasteiger partial charge < -0.3 is 10.5 Å². The van der Waals surface area contributed by atoms with Gasteiger partial charge in [-0.1, -0.05) is 36.4 Å². The van der Waals surface area contributed by atoms with Crippen molar-refractivity contribution < 1.29 is 9.13 Å². The molecule has 2 aromatic carbocycles. The lowest BCUT2D eigenvalue weighted by Gasteiger charge is -2.33. The molecular formula is C20H15FN2O. The zero-order valence-electron chi connectivity index (χ0n) is 12.9. The van der Waals surface area contributed by atoms with E-state index in [0.717, 1.165) is 29.5 Å². The monoisotopic (exact) mass is 318 g/mol. The summed E-state index contributed by atoms with van der Waals surface area (Å²) in [4.78, 5) is 0. The van der Waals surface area contributed by atoms with Crippen LogP contribution >= 0.6 is 0 Å². The van der Waals surface area contributed by atoms with Crippen LogP contribution in [0.5, 0.6) is 0 Å². The number of fused-ring (bicyclic) bond motifs is 2. The van der Waals surface area contributed by atoms with E-state index in [0.29, 0.717) is 11.3 Å². The SMILES string of the molecule is N#CC1=C(N)OC2=C(CCc3ccccc32)C1c1cccc(F)c1. The van der Waals surface area contributed by atoms with Gasteiger partial charge >= 0.3 is 0 Å². The van der Waals surface area contributed by atoms with Crippen molar-refractivity contribution in [1.82, 2.24) is 0 Å². The summed E-state index contributed by atoms with van der Waals surface area (Å²) in [6.45, 7) is 0. The Bertz CT molecular complexity index is 937. The third-order valence-corrected chi connectivity index (χ3v) is 4.63. The van der Waals surface area contributed by atoms with E-state index in [-0.39, 0.29) is 17.6 Å². The normalized spacial score (nSPS) is 19.2. The number of benzene rings is 2. The van der Waals surface area contributed by atoms with Crippen molar-refractivity contribution in [3.05, 3.63) is 88.1 Å². The lowest BCUT2D eigenvalue weighted by molar-refractivity contribution is 0.349. The fourth-order valence-electron chi connectivity index (χ4n) is 3.57. The molecular weight excluding hydrogens is 303 g/mol. The average molecular weight is 318 g/mol. The zero-order valence-corrected chi connectivity index (χ0v) is 12.9. The molecule has 2 N–H and O–H groups in total. The highest BCUT2D eigenvalue weighted by Gasteiger charge is 2.35. The molecule has 4 heteroatoms. The maximum atomic E-state index is 13.7. The fraction of sp³-hybridized carbons (Fsp3) is 0.150. The van der Waals surface area contributed by atoms with E-state index in [9.17, 15) is 9.65 Å². The number of nitrogens with zero attached hydrogens (tertiary/aromatic N) is 1. The summed E-state index contributed by atoms with van der Waals surface area (Å²) in [5, 5.41) is 9.56. The van der Waals surface area contributed by atoms with Gasteiger partial charge in [0, 0.05) is 11.5 Å². The summed E-state index contributed by atoms with van der Waals surface area (Å²) >= 11 is 0. The first kappa shape index (κ1) is 14.5. The van der Waals surface area contributed by atoms with Crippen LogP contribution in [0.4, 0.5) is 4.39 Å². The van der Waals surface area contributed by atoms with Crippen molar-refractivity contribution in [3.63, 3.8) is 0 Å². The van der Waals surface area contributed by atoms with Gasteiger partial charge in [0.1, 0.15) is 23.2 Å². The Labute approximate surface area is 139 Å². The van der Waals surface area contributed by atoms with E-state index in [1.807, 2.05) is 24.3 Å². The van der Waals surface area contributed by atoms with Crippen molar-refractivity contribution in [3.8, 4) is 6.07 Å². The first-order chi connectivity index (χ1) is 11.7. The molecule has 24 heavy (non-hydrogen) atoms. The molecule has 0 aromatic heterocycles. The summed E-state index contributed by atoms with van der Waals surface area (Å²) in [7, 11) is 0. The second kappa shape index (κ2) is 5.54. The highest BCUT2D eigenvalue weighted by molar-refractivity contribution is 5.74. The maximum Gasteiger partial charge on any atom is 0.205 e. The molecule has 0 spiro atoms. The Hall–Kier alpha value is -3.06. The standard InChI is InChI=1S/C20H15FN2O/c21-14-6-3-5-13(10-14)18-16-9-8-12-4-1-2-7-15(12)19(16)24-20(23)17(18)11-22/h1-7,10,18H,8-9,23H2. The maximum absolute atomic E-state index is 13.7. The lowest BCUT2D eigenvalue weighted by Crippen LogP contribution is -2.23. The Kier molecular flexibility index (Phi) is 3.35. The van der Waals surface area contributed by atoms with E-state index in [4.69, 9.17) is 10.5 Å². The lowest BCUT2D eigenvalue weighted by atomic mass is 9.76. The minimum Gasteiger partial charge on any atom is -0.440 e. The van der Waals surface area contributed by atoms with Gasteiger partial charge in [-0.3, -0.25) is 0 Å². The summed E-state index contributed by atoms with van der Waals surface area (Å²) in [5.41, 5.74) is 10.3. The van der Waals surface area contributed by atoms with E-state index < -0.39 is 0 Å². The molecule has 118 valence electrons. The first-order valence-corrected chi connectivity index (χ1v) is 7.83. The van der Waals surface area contributed by atoms with Crippen LogP contribution in [-0.4, -0.2) is 0 Å². The topological polar surface area (TPSA) is 59.0 Å². The molecule has 1 unspecified atom stereocenters. The number of nitrogens with two attached hydrogens (primary N) is 1. The number of allylic oxidation sites excluding steroid dienone is 2. The van der Waals surface area contributed by atoms with Gasteiger partial charge in [0.2, 0.25) is 5.88 Å². The van der Waals surface area contributed by atoms with E-state index in [1.165, 1.54) is 17.7 Å². The van der Waals surface area contributed by atoms with Crippen LogP contribution in [0.2, 0.25) is 0 Å². The molecule has 1 atom stereocenters. The molecule has 0 bridgehead atoms. The van der Waals surface area contributed by atoms with Crippen molar-refractivity contribution in [2.24, 2.45) is 5.73 Å². The number of ether oxygens (including phenoxy) is 1. The molecule has 0 fully saturated rings. The van der Waals surface area contributed by atoms with Gasteiger partial charge in [0.05, 0.1) is 0 Å². The van der Waals surface area contributed by atoms with Crippen LogP contribution < -0.4 is 5.73 Å². The predicted octanol–water partition coefficient (Wildman–Crippen LogP) is 3.99. The largest absolute Gasteiger partial charge is 0.440 e. The van der Waals surface area contributed by atoms with Crippen LogP contribution in [0.25, 0.3) is 5.76 Å². The van der Waals surface area contributed by atoms with E-state index in [1.54, 1.807) is 6.07 Å². The summed E-state index contributed by atoms with van der Waals surface area (Å²) in [5.74, 6) is 0.126. The van der Waals surface area contributed by atoms with Crippen LogP contribution in [0.15, 0.2) is 65.6 Å². The molecule has 2 aliphatic rings. The predicted molar refractivity (Wildman–Crippen MR) is 88.7 cm³/mol. The van der Waals surface area contributed by atoms with Gasteiger partial charge in [0.15, 0.2) is 0 Å². The molecule has 1 aliphatic carbocycles. The Balaban J connectivity index is 1.93. The molecule has 1 heterocycles.